The molecule has 5 nitrogen and oxygen atoms in total. The summed E-state index contributed by atoms with van der Waals surface area (Å²) >= 11 is 1.74. The molecule has 1 aromatic rings. The second-order valence-electron chi connectivity index (χ2n) is 7.25. The van der Waals surface area contributed by atoms with Gasteiger partial charge < -0.3 is 9.64 Å². The van der Waals surface area contributed by atoms with E-state index in [-0.39, 0.29) is 12.0 Å². The number of piperidine rings is 1. The van der Waals surface area contributed by atoms with Crippen LogP contribution < -0.4 is 0 Å². The van der Waals surface area contributed by atoms with Crippen molar-refractivity contribution in [3.05, 3.63) is 16.6 Å². The van der Waals surface area contributed by atoms with Crippen LogP contribution in [0.25, 0.3) is 0 Å². The molecule has 4 rings (SSSR count). The Hall–Kier alpha value is -0.980. The van der Waals surface area contributed by atoms with Gasteiger partial charge in [0.15, 0.2) is 0 Å². The van der Waals surface area contributed by atoms with Crippen molar-refractivity contribution in [1.29, 1.82) is 0 Å². The number of rotatable bonds is 3. The summed E-state index contributed by atoms with van der Waals surface area (Å²) in [4.78, 5) is 21.6. The van der Waals surface area contributed by atoms with Crippen molar-refractivity contribution in [3.63, 3.8) is 0 Å². The topological polar surface area (TPSA) is 45.7 Å². The van der Waals surface area contributed by atoms with Crippen LogP contribution in [0.4, 0.5) is 0 Å². The predicted molar refractivity (Wildman–Crippen MR) is 89.2 cm³/mol. The standard InChI is InChI=1S/C17H25N3O2S/c21-16(14-3-1-9-22-14)20-8-5-17(13-20)4-2-7-19(12-17)11-15-18-6-10-23-15/h6,10,14H,1-5,7-9,11-13H2/t14-,17?/m0/s1. The fraction of sp³-hybridized carbons (Fsp3) is 0.765. The Morgan fingerprint density at radius 1 is 1.35 bits per heavy atom. The van der Waals surface area contributed by atoms with Crippen molar-refractivity contribution in [1.82, 2.24) is 14.8 Å². The Morgan fingerprint density at radius 2 is 2.30 bits per heavy atom. The zero-order valence-electron chi connectivity index (χ0n) is 13.6. The summed E-state index contributed by atoms with van der Waals surface area (Å²) in [6.45, 7) is 5.78. The van der Waals surface area contributed by atoms with Crippen LogP contribution in [0, 0.1) is 5.41 Å². The minimum absolute atomic E-state index is 0.167. The Bertz CT molecular complexity index is 544. The second kappa shape index (κ2) is 6.49. The first kappa shape index (κ1) is 15.5. The maximum atomic E-state index is 12.6. The molecular weight excluding hydrogens is 310 g/mol. The lowest BCUT2D eigenvalue weighted by Gasteiger charge is -2.40. The lowest BCUT2D eigenvalue weighted by Crippen LogP contribution is -2.46. The van der Waals surface area contributed by atoms with Crippen LogP contribution in [0.15, 0.2) is 11.6 Å². The van der Waals surface area contributed by atoms with E-state index in [1.54, 1.807) is 11.3 Å². The second-order valence-corrected chi connectivity index (χ2v) is 8.23. The lowest BCUT2D eigenvalue weighted by atomic mass is 9.79. The summed E-state index contributed by atoms with van der Waals surface area (Å²) in [7, 11) is 0. The van der Waals surface area contributed by atoms with Gasteiger partial charge in [0.25, 0.3) is 5.91 Å². The molecule has 23 heavy (non-hydrogen) atoms. The fourth-order valence-corrected chi connectivity index (χ4v) is 5.06. The first-order valence-corrected chi connectivity index (χ1v) is 9.63. The zero-order chi connectivity index (χ0) is 15.7. The van der Waals surface area contributed by atoms with Crippen molar-refractivity contribution >= 4 is 17.2 Å². The molecule has 1 amide bonds. The number of likely N-dealkylation sites (tertiary alicyclic amines) is 2. The van der Waals surface area contributed by atoms with E-state index in [1.807, 2.05) is 11.6 Å². The van der Waals surface area contributed by atoms with Gasteiger partial charge >= 0.3 is 0 Å². The number of thiazole rings is 1. The van der Waals surface area contributed by atoms with Crippen molar-refractivity contribution < 1.29 is 9.53 Å². The molecule has 3 saturated heterocycles. The highest BCUT2D eigenvalue weighted by Gasteiger charge is 2.44. The third kappa shape index (κ3) is 3.30. The molecule has 0 aromatic carbocycles. The van der Waals surface area contributed by atoms with Gasteiger partial charge in [-0.2, -0.15) is 0 Å². The minimum Gasteiger partial charge on any atom is -0.368 e. The van der Waals surface area contributed by atoms with Crippen molar-refractivity contribution in [3.8, 4) is 0 Å². The molecular formula is C17H25N3O2S. The van der Waals surface area contributed by atoms with Gasteiger partial charge in [0, 0.05) is 43.2 Å². The molecule has 0 aliphatic carbocycles. The molecule has 4 heterocycles. The van der Waals surface area contributed by atoms with Crippen LogP contribution in [-0.2, 0) is 16.1 Å². The molecule has 3 aliphatic heterocycles. The van der Waals surface area contributed by atoms with Gasteiger partial charge in [0.1, 0.15) is 11.1 Å². The number of carbonyl (C=O) groups excluding carboxylic acids is 1. The smallest absolute Gasteiger partial charge is 0.251 e. The molecule has 0 bridgehead atoms. The first-order valence-electron chi connectivity index (χ1n) is 8.75. The normalized spacial score (nSPS) is 32.0. The molecule has 0 radical (unpaired) electrons. The van der Waals surface area contributed by atoms with E-state index in [2.05, 4.69) is 14.8 Å². The van der Waals surface area contributed by atoms with Gasteiger partial charge in [-0.3, -0.25) is 9.69 Å². The summed E-state index contributed by atoms with van der Waals surface area (Å²) in [5, 5.41) is 3.25. The SMILES string of the molecule is O=C([C@@H]1CCCO1)N1CCC2(CCCN(Cc3nccs3)C2)C1. The molecule has 6 heteroatoms. The Kier molecular flexibility index (Phi) is 4.39. The highest BCUT2D eigenvalue weighted by Crippen LogP contribution is 2.40. The molecule has 1 spiro atoms. The van der Waals surface area contributed by atoms with Crippen LogP contribution in [0.5, 0.6) is 0 Å². The molecule has 1 unspecified atom stereocenters. The van der Waals surface area contributed by atoms with E-state index >= 15 is 0 Å². The molecule has 3 fully saturated rings. The molecule has 2 atom stereocenters. The monoisotopic (exact) mass is 335 g/mol. The van der Waals surface area contributed by atoms with Gasteiger partial charge in [0.2, 0.25) is 0 Å². The fourth-order valence-electron chi connectivity index (χ4n) is 4.40. The number of hydrogen-bond donors (Lipinski definition) is 0. The zero-order valence-corrected chi connectivity index (χ0v) is 14.4. The Labute approximate surface area is 141 Å². The first-order chi connectivity index (χ1) is 11.2. The molecule has 1 aromatic heterocycles. The van der Waals surface area contributed by atoms with E-state index in [0.29, 0.717) is 5.41 Å². The van der Waals surface area contributed by atoms with E-state index in [9.17, 15) is 4.79 Å². The molecule has 3 aliphatic rings. The van der Waals surface area contributed by atoms with Gasteiger partial charge in [-0.05, 0) is 38.6 Å². The van der Waals surface area contributed by atoms with Crippen LogP contribution in [0.2, 0.25) is 0 Å². The Balaban J connectivity index is 1.37. The molecule has 126 valence electrons. The number of nitrogens with zero attached hydrogens (tertiary/aromatic N) is 3. The quantitative estimate of drug-likeness (QED) is 0.849. The maximum Gasteiger partial charge on any atom is 0.251 e. The van der Waals surface area contributed by atoms with Gasteiger partial charge in [0.05, 0.1) is 6.54 Å². The number of carbonyl (C=O) groups is 1. The summed E-state index contributed by atoms with van der Waals surface area (Å²) < 4.78 is 5.59. The number of ether oxygens (including phenoxy) is 1. The van der Waals surface area contributed by atoms with Crippen molar-refractivity contribution in [2.24, 2.45) is 5.41 Å². The van der Waals surface area contributed by atoms with E-state index < -0.39 is 0 Å². The largest absolute Gasteiger partial charge is 0.368 e. The van der Waals surface area contributed by atoms with E-state index in [4.69, 9.17) is 4.74 Å². The Morgan fingerprint density at radius 3 is 3.09 bits per heavy atom. The van der Waals surface area contributed by atoms with Crippen molar-refractivity contribution in [2.45, 2.75) is 44.8 Å². The van der Waals surface area contributed by atoms with Crippen LogP contribution >= 0.6 is 11.3 Å². The third-order valence-corrected chi connectivity index (χ3v) is 6.30. The maximum absolute atomic E-state index is 12.6. The predicted octanol–water partition coefficient (Wildman–Crippen LogP) is 2.14. The number of hydrogen-bond acceptors (Lipinski definition) is 5. The minimum atomic E-state index is -0.167. The third-order valence-electron chi connectivity index (χ3n) is 5.54. The summed E-state index contributed by atoms with van der Waals surface area (Å²) in [6.07, 6.45) is 7.26. The van der Waals surface area contributed by atoms with Gasteiger partial charge in [-0.1, -0.05) is 0 Å². The highest BCUT2D eigenvalue weighted by molar-refractivity contribution is 7.09. The average Bonchev–Trinajstić information content (AvgIpc) is 3.28. The van der Waals surface area contributed by atoms with Crippen LogP contribution in [-0.4, -0.2) is 59.6 Å². The lowest BCUT2D eigenvalue weighted by molar-refractivity contribution is -0.140. The summed E-state index contributed by atoms with van der Waals surface area (Å²) in [5.41, 5.74) is 0.295. The highest BCUT2D eigenvalue weighted by atomic mass is 32.1. The van der Waals surface area contributed by atoms with Gasteiger partial charge in [-0.15, -0.1) is 11.3 Å². The number of amides is 1. The summed E-state index contributed by atoms with van der Waals surface area (Å²) in [6, 6.07) is 0. The van der Waals surface area contributed by atoms with Crippen molar-refractivity contribution in [2.75, 3.05) is 32.8 Å². The van der Waals surface area contributed by atoms with E-state index in [0.717, 1.165) is 58.6 Å². The average molecular weight is 335 g/mol. The number of aromatic nitrogens is 1. The summed E-state index contributed by atoms with van der Waals surface area (Å²) in [5.74, 6) is 0.233. The van der Waals surface area contributed by atoms with Crippen LogP contribution in [0.1, 0.15) is 37.1 Å². The molecule has 0 N–H and O–H groups in total. The molecule has 0 saturated carbocycles. The van der Waals surface area contributed by atoms with Gasteiger partial charge in [-0.25, -0.2) is 4.98 Å². The van der Waals surface area contributed by atoms with Crippen LogP contribution in [0.3, 0.4) is 0 Å². The van der Waals surface area contributed by atoms with E-state index in [1.165, 1.54) is 17.8 Å².